The summed E-state index contributed by atoms with van der Waals surface area (Å²) in [5.41, 5.74) is 0.987. The first kappa shape index (κ1) is 22.3. The topological polar surface area (TPSA) is 69.5 Å². The van der Waals surface area contributed by atoms with Gasteiger partial charge in [-0.05, 0) is 12.1 Å². The molecule has 0 aromatic heterocycles. The normalized spacial score (nSPS) is 15.5. The second kappa shape index (κ2) is 9.47. The molecule has 1 aliphatic heterocycles. The summed E-state index contributed by atoms with van der Waals surface area (Å²) in [4.78, 5) is 1.51. The maximum Gasteiger partial charge on any atom is 0.243 e. The zero-order valence-electron chi connectivity index (χ0n) is 16.1. The van der Waals surface area contributed by atoms with Crippen molar-refractivity contribution in [1.82, 2.24) is 4.31 Å². The van der Waals surface area contributed by atoms with Crippen LogP contribution in [0.2, 0.25) is 0 Å². The minimum absolute atomic E-state index is 0. The smallest absolute Gasteiger partial charge is 0.243 e. The highest BCUT2D eigenvalue weighted by Crippen LogP contribution is 2.39. The van der Waals surface area contributed by atoms with Crippen LogP contribution in [0.4, 0.5) is 5.69 Å². The minimum Gasteiger partial charge on any atom is -1.00 e. The van der Waals surface area contributed by atoms with E-state index in [0.29, 0.717) is 48.3 Å². The number of sulfonamides is 1. The van der Waals surface area contributed by atoms with Gasteiger partial charge in [0.15, 0.2) is 11.5 Å². The molecule has 2 aromatic carbocycles. The van der Waals surface area contributed by atoms with Gasteiger partial charge in [0.2, 0.25) is 15.8 Å². The van der Waals surface area contributed by atoms with Gasteiger partial charge in [-0.1, -0.05) is 18.2 Å². The lowest BCUT2D eigenvalue weighted by Crippen LogP contribution is -3.10. The summed E-state index contributed by atoms with van der Waals surface area (Å²) in [6.07, 6.45) is 0. The molecule has 154 valence electrons. The van der Waals surface area contributed by atoms with Crippen LogP contribution in [0.25, 0.3) is 0 Å². The highest BCUT2D eigenvalue weighted by Gasteiger charge is 2.31. The number of nitrogens with one attached hydrogen (secondary N) is 1. The number of rotatable bonds is 6. The summed E-state index contributed by atoms with van der Waals surface area (Å²) >= 11 is 0. The molecule has 0 saturated carbocycles. The molecule has 1 saturated heterocycles. The molecule has 1 N–H and O–H groups in total. The molecule has 0 aliphatic carbocycles. The first-order valence-electron chi connectivity index (χ1n) is 8.71. The van der Waals surface area contributed by atoms with Crippen molar-refractivity contribution in [2.45, 2.75) is 4.90 Å². The first-order chi connectivity index (χ1) is 13.0. The van der Waals surface area contributed by atoms with Crippen LogP contribution in [0.1, 0.15) is 0 Å². The van der Waals surface area contributed by atoms with Crippen molar-refractivity contribution in [3.63, 3.8) is 0 Å². The van der Waals surface area contributed by atoms with Crippen LogP contribution in [0.5, 0.6) is 17.2 Å². The Morgan fingerprint density at radius 2 is 1.43 bits per heavy atom. The molecule has 3 rings (SSSR count). The molecule has 28 heavy (non-hydrogen) atoms. The third kappa shape index (κ3) is 4.35. The Hall–Kier alpha value is -2.00. The summed E-state index contributed by atoms with van der Waals surface area (Å²) in [6, 6.07) is 12.4. The zero-order valence-corrected chi connectivity index (χ0v) is 17.7. The van der Waals surface area contributed by atoms with Crippen LogP contribution in [0, 0.1) is 0 Å². The number of hydrogen-bond acceptors (Lipinski definition) is 5. The Morgan fingerprint density at radius 3 is 1.89 bits per heavy atom. The number of ether oxygens (including phenoxy) is 3. The van der Waals surface area contributed by atoms with Crippen LogP contribution in [0.15, 0.2) is 47.4 Å². The number of piperazine rings is 1. The van der Waals surface area contributed by atoms with E-state index in [-0.39, 0.29) is 12.4 Å². The molecule has 9 heteroatoms. The number of quaternary nitrogens is 1. The molecule has 0 amide bonds. The van der Waals surface area contributed by atoms with Gasteiger partial charge in [0, 0.05) is 12.1 Å². The summed E-state index contributed by atoms with van der Waals surface area (Å²) in [5, 5.41) is 0. The van der Waals surface area contributed by atoms with Crippen LogP contribution in [-0.2, 0) is 10.0 Å². The Balaban J connectivity index is 0.00000280. The van der Waals surface area contributed by atoms with Crippen molar-refractivity contribution in [2.75, 3.05) is 47.5 Å². The maximum absolute atomic E-state index is 12.8. The average molecular weight is 429 g/mol. The lowest BCUT2D eigenvalue weighted by molar-refractivity contribution is -0.837. The van der Waals surface area contributed by atoms with Crippen molar-refractivity contribution in [3.8, 4) is 17.2 Å². The summed E-state index contributed by atoms with van der Waals surface area (Å²) in [5.74, 6) is 1.74. The van der Waals surface area contributed by atoms with Crippen molar-refractivity contribution >= 4 is 15.7 Å². The van der Waals surface area contributed by atoms with E-state index in [9.17, 15) is 8.42 Å². The molecule has 1 aliphatic rings. The lowest BCUT2D eigenvalue weighted by Gasteiger charge is -2.31. The average Bonchev–Trinajstić information content (AvgIpc) is 2.73. The van der Waals surface area contributed by atoms with Gasteiger partial charge in [-0.15, -0.1) is 0 Å². The zero-order chi connectivity index (χ0) is 19.4. The molecular weight excluding hydrogens is 404 g/mol. The van der Waals surface area contributed by atoms with Crippen molar-refractivity contribution < 1.29 is 39.9 Å². The second-order valence-electron chi connectivity index (χ2n) is 6.23. The summed E-state index contributed by atoms with van der Waals surface area (Å²) in [7, 11) is 1.28. The number of halogens is 1. The quantitative estimate of drug-likeness (QED) is 0.573. The molecule has 1 heterocycles. The van der Waals surface area contributed by atoms with E-state index in [2.05, 4.69) is 0 Å². The number of methoxy groups -OCH3 is 3. The van der Waals surface area contributed by atoms with E-state index in [1.165, 1.54) is 4.90 Å². The molecule has 7 nitrogen and oxygen atoms in total. The third-order valence-electron chi connectivity index (χ3n) is 4.78. The number of benzene rings is 2. The van der Waals surface area contributed by atoms with E-state index in [1.807, 2.05) is 18.2 Å². The van der Waals surface area contributed by atoms with Gasteiger partial charge >= 0.3 is 0 Å². The molecule has 2 aromatic rings. The maximum atomic E-state index is 12.8. The summed E-state index contributed by atoms with van der Waals surface area (Å²) in [6.45, 7) is 2.21. The van der Waals surface area contributed by atoms with Crippen LogP contribution in [-0.4, -0.2) is 60.2 Å². The van der Waals surface area contributed by atoms with Gasteiger partial charge in [0.1, 0.15) is 5.69 Å². The Labute approximate surface area is 172 Å². The fraction of sp³-hybridized carbons (Fsp3) is 0.368. The van der Waals surface area contributed by atoms with E-state index >= 15 is 0 Å². The lowest BCUT2D eigenvalue weighted by atomic mass is 10.2. The van der Waals surface area contributed by atoms with E-state index in [1.54, 1.807) is 49.9 Å². The second-order valence-corrected chi connectivity index (χ2v) is 8.17. The molecule has 0 atom stereocenters. The third-order valence-corrected chi connectivity index (χ3v) is 6.69. The monoisotopic (exact) mass is 428 g/mol. The van der Waals surface area contributed by atoms with E-state index in [4.69, 9.17) is 14.2 Å². The van der Waals surface area contributed by atoms with Crippen LogP contribution in [0.3, 0.4) is 0 Å². The summed E-state index contributed by atoms with van der Waals surface area (Å²) < 4.78 is 43.3. The largest absolute Gasteiger partial charge is 1.00 e. The van der Waals surface area contributed by atoms with Gasteiger partial charge in [-0.2, -0.15) is 4.31 Å². The molecule has 0 bridgehead atoms. The van der Waals surface area contributed by atoms with Gasteiger partial charge in [-0.3, -0.25) is 0 Å². The molecule has 0 spiro atoms. The number of hydrogen-bond donors (Lipinski definition) is 1. The first-order valence-corrected chi connectivity index (χ1v) is 10.2. The fourth-order valence-corrected chi connectivity index (χ4v) is 4.77. The van der Waals surface area contributed by atoms with Gasteiger partial charge in [0.25, 0.3) is 0 Å². The van der Waals surface area contributed by atoms with Crippen LogP contribution < -0.4 is 31.5 Å². The molecular formula is C19H25ClN2O5S. The fourth-order valence-electron chi connectivity index (χ4n) is 3.31. The highest BCUT2D eigenvalue weighted by molar-refractivity contribution is 7.89. The Morgan fingerprint density at radius 1 is 0.893 bits per heavy atom. The SMILES string of the molecule is COc1cc([NH+]2CCN(S(=O)(=O)c3ccccc3)CC2)cc(OC)c1OC.[Cl-]. The highest BCUT2D eigenvalue weighted by atomic mass is 35.5. The van der Waals surface area contributed by atoms with Crippen molar-refractivity contribution in [3.05, 3.63) is 42.5 Å². The predicted molar refractivity (Wildman–Crippen MR) is 102 cm³/mol. The van der Waals surface area contributed by atoms with E-state index < -0.39 is 10.0 Å². The van der Waals surface area contributed by atoms with Gasteiger partial charge in [-0.25, -0.2) is 8.42 Å². The van der Waals surface area contributed by atoms with Crippen LogP contribution >= 0.6 is 0 Å². The van der Waals surface area contributed by atoms with E-state index in [0.717, 1.165) is 5.69 Å². The van der Waals surface area contributed by atoms with Crippen molar-refractivity contribution in [2.24, 2.45) is 0 Å². The number of nitrogens with zero attached hydrogens (tertiary/aromatic N) is 1. The minimum atomic E-state index is -3.45. The Kier molecular flexibility index (Phi) is 7.54. The van der Waals surface area contributed by atoms with Crippen molar-refractivity contribution in [1.29, 1.82) is 0 Å². The van der Waals surface area contributed by atoms with Gasteiger partial charge in [0.05, 0.1) is 52.4 Å². The molecule has 0 unspecified atom stereocenters. The predicted octanol–water partition coefficient (Wildman–Crippen LogP) is -2.06. The Bertz CT molecular complexity index is 859. The van der Waals surface area contributed by atoms with Gasteiger partial charge < -0.3 is 31.5 Å². The molecule has 0 radical (unpaired) electrons. The molecule has 1 fully saturated rings. The standard InChI is InChI=1S/C19H24N2O5S.ClH/c1-24-17-13-15(14-18(25-2)19(17)26-3)20-9-11-21(12-10-20)27(22,23)16-7-5-4-6-8-16;/h4-8,13-14H,9-12H2,1-3H3;1H.